The van der Waals surface area contributed by atoms with Gasteiger partial charge in [-0.3, -0.25) is 9.89 Å². The number of thiophene rings is 1. The van der Waals surface area contributed by atoms with Gasteiger partial charge in [-0.1, -0.05) is 13.0 Å². The summed E-state index contributed by atoms with van der Waals surface area (Å²) < 4.78 is 5.54. The SMILES string of the molecule is CCNC(=NCC(c1cccs1)N1CCOCC1)N1CCCC(C)C1.I. The smallest absolute Gasteiger partial charge is 0.193 e. The van der Waals surface area contributed by atoms with E-state index in [2.05, 4.69) is 46.5 Å². The molecule has 0 spiro atoms. The standard InChI is InChI=1S/C19H32N4OS.HI/c1-3-20-19(23-8-4-6-16(2)15-23)21-14-17(18-7-5-13-25-18)22-9-11-24-12-10-22;/h5,7,13,16-17H,3-4,6,8-12,14-15H2,1-2H3,(H,20,21);1H. The van der Waals surface area contributed by atoms with Gasteiger partial charge in [-0.15, -0.1) is 35.3 Å². The Hall–Kier alpha value is -0.380. The van der Waals surface area contributed by atoms with Crippen molar-refractivity contribution in [3.8, 4) is 0 Å². The summed E-state index contributed by atoms with van der Waals surface area (Å²) in [5, 5.41) is 5.68. The van der Waals surface area contributed by atoms with Crippen molar-refractivity contribution in [1.29, 1.82) is 0 Å². The van der Waals surface area contributed by atoms with Crippen molar-refractivity contribution in [2.45, 2.75) is 32.7 Å². The second-order valence-corrected chi connectivity index (χ2v) is 8.05. The lowest BCUT2D eigenvalue weighted by Gasteiger charge is -2.35. The van der Waals surface area contributed by atoms with Crippen LogP contribution in [0.15, 0.2) is 22.5 Å². The summed E-state index contributed by atoms with van der Waals surface area (Å²) in [5.41, 5.74) is 0. The van der Waals surface area contributed by atoms with Crippen LogP contribution in [0.5, 0.6) is 0 Å². The van der Waals surface area contributed by atoms with Gasteiger partial charge in [-0.25, -0.2) is 0 Å². The number of halogens is 1. The third kappa shape index (κ3) is 6.07. The monoisotopic (exact) mass is 492 g/mol. The minimum absolute atomic E-state index is 0. The summed E-state index contributed by atoms with van der Waals surface area (Å²) in [4.78, 5) is 11.4. The van der Waals surface area contributed by atoms with Crippen LogP contribution in [0.3, 0.4) is 0 Å². The first-order valence-electron chi connectivity index (χ1n) is 9.66. The molecule has 148 valence electrons. The van der Waals surface area contributed by atoms with Crippen LogP contribution in [0.1, 0.15) is 37.6 Å². The topological polar surface area (TPSA) is 40.1 Å². The van der Waals surface area contributed by atoms with Gasteiger partial charge in [-0.2, -0.15) is 0 Å². The molecule has 0 saturated carbocycles. The van der Waals surface area contributed by atoms with Crippen LogP contribution in [0, 0.1) is 5.92 Å². The highest BCUT2D eigenvalue weighted by molar-refractivity contribution is 14.0. The number of aliphatic imine (C=N–C) groups is 1. The highest BCUT2D eigenvalue weighted by atomic mass is 127. The van der Waals surface area contributed by atoms with Crippen LogP contribution < -0.4 is 5.32 Å². The van der Waals surface area contributed by atoms with Crippen LogP contribution in [-0.4, -0.2) is 68.2 Å². The number of nitrogens with zero attached hydrogens (tertiary/aromatic N) is 3. The third-order valence-corrected chi connectivity index (χ3v) is 6.04. The molecule has 26 heavy (non-hydrogen) atoms. The Morgan fingerprint density at radius 1 is 1.38 bits per heavy atom. The number of nitrogens with one attached hydrogen (secondary N) is 1. The molecule has 0 amide bonds. The molecule has 3 heterocycles. The van der Waals surface area contributed by atoms with Gasteiger partial charge in [0.1, 0.15) is 0 Å². The van der Waals surface area contributed by atoms with Crippen LogP contribution in [0.2, 0.25) is 0 Å². The summed E-state index contributed by atoms with van der Waals surface area (Å²) >= 11 is 1.84. The number of rotatable bonds is 5. The zero-order valence-electron chi connectivity index (χ0n) is 16.0. The highest BCUT2D eigenvalue weighted by Gasteiger charge is 2.24. The molecule has 0 aliphatic carbocycles. The number of ether oxygens (including phenoxy) is 1. The van der Waals surface area contributed by atoms with Gasteiger partial charge < -0.3 is 15.0 Å². The van der Waals surface area contributed by atoms with E-state index in [1.807, 2.05) is 11.3 Å². The first kappa shape index (κ1) is 21.9. The Kier molecular flexibility index (Phi) is 9.66. The van der Waals surface area contributed by atoms with Crippen molar-refractivity contribution < 1.29 is 4.74 Å². The maximum Gasteiger partial charge on any atom is 0.193 e. The molecule has 2 aliphatic heterocycles. The molecule has 0 aromatic carbocycles. The Bertz CT molecular complexity index is 534. The number of likely N-dealkylation sites (tertiary alicyclic amines) is 1. The molecule has 2 saturated heterocycles. The average Bonchev–Trinajstić information content (AvgIpc) is 3.16. The van der Waals surface area contributed by atoms with Gasteiger partial charge >= 0.3 is 0 Å². The van der Waals surface area contributed by atoms with E-state index < -0.39 is 0 Å². The van der Waals surface area contributed by atoms with Crippen LogP contribution in [-0.2, 0) is 4.74 Å². The number of hydrogen-bond acceptors (Lipinski definition) is 4. The van der Waals surface area contributed by atoms with Crippen LogP contribution in [0.4, 0.5) is 0 Å². The molecule has 2 unspecified atom stereocenters. The Morgan fingerprint density at radius 2 is 2.19 bits per heavy atom. The number of hydrogen-bond donors (Lipinski definition) is 1. The molecule has 0 radical (unpaired) electrons. The zero-order valence-corrected chi connectivity index (χ0v) is 19.2. The van der Waals surface area contributed by atoms with E-state index in [-0.39, 0.29) is 24.0 Å². The minimum Gasteiger partial charge on any atom is -0.379 e. The van der Waals surface area contributed by atoms with Gasteiger partial charge in [0.2, 0.25) is 0 Å². The van der Waals surface area contributed by atoms with Crippen molar-refractivity contribution in [2.24, 2.45) is 10.9 Å². The lowest BCUT2D eigenvalue weighted by atomic mass is 10.0. The first-order chi connectivity index (χ1) is 12.3. The fraction of sp³-hybridized carbons (Fsp3) is 0.737. The van der Waals surface area contributed by atoms with Gasteiger partial charge in [0.25, 0.3) is 0 Å². The summed E-state index contributed by atoms with van der Waals surface area (Å²) in [5.74, 6) is 1.84. The molecule has 2 aliphatic rings. The largest absolute Gasteiger partial charge is 0.379 e. The number of guanidine groups is 1. The quantitative estimate of drug-likeness (QED) is 0.389. The minimum atomic E-state index is 0. The second kappa shape index (κ2) is 11.5. The molecule has 2 fully saturated rings. The van der Waals surface area contributed by atoms with E-state index in [1.54, 1.807) is 0 Å². The van der Waals surface area contributed by atoms with E-state index in [9.17, 15) is 0 Å². The lowest BCUT2D eigenvalue weighted by Crippen LogP contribution is -2.47. The maximum absolute atomic E-state index is 5.54. The molecular weight excluding hydrogens is 459 g/mol. The molecule has 2 atom stereocenters. The van der Waals surface area contributed by atoms with Crippen LogP contribution >= 0.6 is 35.3 Å². The average molecular weight is 492 g/mol. The van der Waals surface area contributed by atoms with Crippen molar-refractivity contribution >= 4 is 41.3 Å². The summed E-state index contributed by atoms with van der Waals surface area (Å²) in [6, 6.07) is 4.75. The van der Waals surface area contributed by atoms with E-state index in [0.717, 1.165) is 64.4 Å². The van der Waals surface area contributed by atoms with E-state index >= 15 is 0 Å². The van der Waals surface area contributed by atoms with E-state index in [4.69, 9.17) is 9.73 Å². The van der Waals surface area contributed by atoms with Crippen molar-refractivity contribution in [3.05, 3.63) is 22.4 Å². The summed E-state index contributed by atoms with van der Waals surface area (Å²) in [6.45, 7) is 12.1. The third-order valence-electron chi connectivity index (χ3n) is 5.06. The fourth-order valence-corrected chi connectivity index (χ4v) is 4.59. The normalized spacial score (nSPS) is 23.4. The van der Waals surface area contributed by atoms with E-state index in [1.165, 1.54) is 17.7 Å². The van der Waals surface area contributed by atoms with Gasteiger partial charge in [0, 0.05) is 37.6 Å². The van der Waals surface area contributed by atoms with Gasteiger partial charge in [0.05, 0.1) is 25.8 Å². The van der Waals surface area contributed by atoms with Crippen molar-refractivity contribution in [1.82, 2.24) is 15.1 Å². The molecule has 1 N–H and O–H groups in total. The Morgan fingerprint density at radius 3 is 2.85 bits per heavy atom. The molecule has 3 rings (SSSR count). The predicted molar refractivity (Wildman–Crippen MR) is 121 cm³/mol. The highest BCUT2D eigenvalue weighted by Crippen LogP contribution is 2.26. The second-order valence-electron chi connectivity index (χ2n) is 7.07. The molecule has 1 aromatic heterocycles. The van der Waals surface area contributed by atoms with Crippen molar-refractivity contribution in [2.75, 3.05) is 52.5 Å². The number of morpholine rings is 1. The Balaban J connectivity index is 0.00000243. The van der Waals surface area contributed by atoms with E-state index in [0.29, 0.717) is 6.04 Å². The zero-order chi connectivity index (χ0) is 17.5. The number of piperidine rings is 1. The van der Waals surface area contributed by atoms with Gasteiger partial charge in [0.15, 0.2) is 5.96 Å². The molecule has 0 bridgehead atoms. The molecule has 7 heteroatoms. The van der Waals surface area contributed by atoms with Gasteiger partial charge in [-0.05, 0) is 37.1 Å². The van der Waals surface area contributed by atoms with Crippen molar-refractivity contribution in [3.63, 3.8) is 0 Å². The maximum atomic E-state index is 5.54. The molecule has 1 aromatic rings. The molecular formula is C19H33IN4OS. The summed E-state index contributed by atoms with van der Waals surface area (Å²) in [6.07, 6.45) is 2.60. The lowest BCUT2D eigenvalue weighted by molar-refractivity contribution is 0.0186. The molecule has 5 nitrogen and oxygen atoms in total. The first-order valence-corrected chi connectivity index (χ1v) is 10.5. The predicted octanol–water partition coefficient (Wildman–Crippen LogP) is 3.44. The van der Waals surface area contributed by atoms with Crippen LogP contribution in [0.25, 0.3) is 0 Å². The summed E-state index contributed by atoms with van der Waals surface area (Å²) in [7, 11) is 0. The Labute approximate surface area is 179 Å². The fourth-order valence-electron chi connectivity index (χ4n) is 3.74.